The molecule has 14 heteroatoms. The molecule has 0 saturated carbocycles. The predicted octanol–water partition coefficient (Wildman–Crippen LogP) is 2.25. The van der Waals surface area contributed by atoms with Gasteiger partial charge in [0.05, 0.1) is 39.3 Å². The molecule has 0 aliphatic rings. The molecule has 270 valence electrons. The van der Waals surface area contributed by atoms with Crippen molar-refractivity contribution in [2.24, 2.45) is 0 Å². The summed E-state index contributed by atoms with van der Waals surface area (Å²) in [5.74, 6) is -0.529. The van der Waals surface area contributed by atoms with Crippen LogP contribution in [0.5, 0.6) is 0 Å². The molecule has 0 radical (unpaired) electrons. The van der Waals surface area contributed by atoms with Gasteiger partial charge in [0.25, 0.3) is 0 Å². The second kappa shape index (κ2) is 33.9. The number of Topliss-reactive ketones (excluding diaryl/α,β-unsaturated/α-hetero) is 7. The molecule has 47 heavy (non-hydrogen) atoms. The third kappa shape index (κ3) is 49.6. The first-order valence-corrected chi connectivity index (χ1v) is 15.8. The first-order valence-electron chi connectivity index (χ1n) is 15.8. The van der Waals surface area contributed by atoms with E-state index >= 15 is 0 Å². The van der Waals surface area contributed by atoms with Gasteiger partial charge in [0.1, 0.15) is 40.5 Å². The predicted molar refractivity (Wildman–Crippen MR) is 174 cm³/mol. The second-order valence-electron chi connectivity index (χ2n) is 10.8. The zero-order valence-electron chi connectivity index (χ0n) is 29.1. The van der Waals surface area contributed by atoms with Crippen molar-refractivity contribution < 1.29 is 57.4 Å². The van der Waals surface area contributed by atoms with Gasteiger partial charge in [0, 0.05) is 64.8 Å². The molecule has 0 spiro atoms. The first kappa shape index (κ1) is 47.9. The summed E-state index contributed by atoms with van der Waals surface area (Å²) in [6.45, 7) is 12.4. The van der Waals surface area contributed by atoms with E-state index in [4.69, 9.17) is 14.2 Å². The minimum atomic E-state index is -0.278. The number of hydrogen-bond acceptors (Lipinski definition) is 12. The third-order valence-electron chi connectivity index (χ3n) is 5.46. The molecular weight excluding hydrogens is 616 g/mol. The minimum absolute atomic E-state index is 0.0121. The molecule has 0 fully saturated rings. The van der Waals surface area contributed by atoms with Crippen LogP contribution in [0.2, 0.25) is 0 Å². The van der Waals surface area contributed by atoms with Crippen LogP contribution >= 0.6 is 0 Å². The third-order valence-corrected chi connectivity index (χ3v) is 5.46. The summed E-state index contributed by atoms with van der Waals surface area (Å²) >= 11 is 0. The molecule has 0 aliphatic heterocycles. The Bertz CT molecular complexity index is 979. The highest BCUT2D eigenvalue weighted by molar-refractivity contribution is 5.99. The lowest BCUT2D eigenvalue weighted by Crippen LogP contribution is -2.28. The quantitative estimate of drug-likeness (QED) is 0.0952. The summed E-state index contributed by atoms with van der Waals surface area (Å²) in [4.78, 5) is 96.3. The van der Waals surface area contributed by atoms with Crippen molar-refractivity contribution in [3.63, 3.8) is 0 Å². The molecule has 0 atom stereocenters. The maximum Gasteiger partial charge on any atom is 0.227 e. The van der Waals surface area contributed by atoms with Crippen LogP contribution in [0.4, 0.5) is 0 Å². The van der Waals surface area contributed by atoms with Crippen molar-refractivity contribution in [1.29, 1.82) is 0 Å². The van der Waals surface area contributed by atoms with Gasteiger partial charge in [-0.2, -0.15) is 0 Å². The zero-order valence-corrected chi connectivity index (χ0v) is 29.1. The van der Waals surface area contributed by atoms with Crippen LogP contribution in [0.1, 0.15) is 106 Å². The Morgan fingerprint density at radius 2 is 0.766 bits per heavy atom. The van der Waals surface area contributed by atoms with E-state index in [2.05, 4.69) is 10.6 Å². The SMILES string of the molecule is CC(=O)CCC(=O)CC(C)=O.CC(=O)CCCOCCNC(=O)CC(C)=O.CC(=O)CCCOCCOCCNC(=O)CCC(C)=O. The van der Waals surface area contributed by atoms with Crippen molar-refractivity contribution in [2.75, 3.05) is 52.7 Å². The summed E-state index contributed by atoms with van der Waals surface area (Å²) in [5.41, 5.74) is 0. The van der Waals surface area contributed by atoms with Gasteiger partial charge >= 0.3 is 0 Å². The maximum atomic E-state index is 11.2. The average molecular weight is 673 g/mol. The molecule has 2 amide bonds. The Hall–Kier alpha value is -3.49. The molecule has 0 rings (SSSR count). The Morgan fingerprint density at radius 3 is 1.19 bits per heavy atom. The smallest absolute Gasteiger partial charge is 0.227 e. The van der Waals surface area contributed by atoms with Crippen molar-refractivity contribution in [3.8, 4) is 0 Å². The number of nitrogens with one attached hydrogen (secondary N) is 2. The summed E-state index contributed by atoms with van der Waals surface area (Å²) in [6.07, 6.45) is 3.37. The fraction of sp³-hybridized carbons (Fsp3) is 0.727. The van der Waals surface area contributed by atoms with Crippen LogP contribution in [0, 0.1) is 0 Å². The zero-order chi connectivity index (χ0) is 36.5. The van der Waals surface area contributed by atoms with E-state index in [1.807, 2.05) is 0 Å². The number of ketones is 7. The lowest BCUT2D eigenvalue weighted by Gasteiger charge is -2.06. The Morgan fingerprint density at radius 1 is 0.383 bits per heavy atom. The fourth-order valence-electron chi connectivity index (χ4n) is 3.14. The van der Waals surface area contributed by atoms with Gasteiger partial charge in [-0.3, -0.25) is 24.0 Å². The summed E-state index contributed by atoms with van der Waals surface area (Å²) < 4.78 is 15.7. The Balaban J connectivity index is -0.000000645. The maximum absolute atomic E-state index is 11.2. The molecule has 14 nitrogen and oxygen atoms in total. The molecule has 0 heterocycles. The van der Waals surface area contributed by atoms with E-state index in [0.717, 1.165) is 6.42 Å². The van der Waals surface area contributed by atoms with Crippen LogP contribution < -0.4 is 10.6 Å². The fourth-order valence-corrected chi connectivity index (χ4v) is 3.14. The highest BCUT2D eigenvalue weighted by Crippen LogP contribution is 1.96. The van der Waals surface area contributed by atoms with Crippen LogP contribution in [0.3, 0.4) is 0 Å². The Kier molecular flexibility index (Phi) is 34.5. The molecule has 0 unspecified atom stereocenters. The number of rotatable bonds is 27. The van der Waals surface area contributed by atoms with Crippen molar-refractivity contribution >= 4 is 52.3 Å². The summed E-state index contributed by atoms with van der Waals surface area (Å²) in [7, 11) is 0. The number of hydrogen-bond donors (Lipinski definition) is 2. The van der Waals surface area contributed by atoms with Crippen molar-refractivity contribution in [2.45, 2.75) is 106 Å². The summed E-state index contributed by atoms with van der Waals surface area (Å²) in [5, 5.41) is 5.23. The van der Waals surface area contributed by atoms with E-state index in [9.17, 15) is 43.2 Å². The number of carbonyl (C=O) groups excluding carboxylic acids is 9. The van der Waals surface area contributed by atoms with Gasteiger partial charge in [-0.15, -0.1) is 0 Å². The van der Waals surface area contributed by atoms with Crippen LogP contribution in [-0.4, -0.2) is 105 Å². The number of carbonyl (C=O) groups is 9. The van der Waals surface area contributed by atoms with Gasteiger partial charge in [-0.25, -0.2) is 0 Å². The minimum Gasteiger partial charge on any atom is -0.380 e. The van der Waals surface area contributed by atoms with Crippen molar-refractivity contribution in [3.05, 3.63) is 0 Å². The lowest BCUT2D eigenvalue weighted by atomic mass is 10.1. The largest absolute Gasteiger partial charge is 0.380 e. The number of ether oxygens (including phenoxy) is 3. The molecule has 2 N–H and O–H groups in total. The van der Waals surface area contributed by atoms with E-state index in [0.29, 0.717) is 72.0 Å². The molecular formula is C33H56N2O12. The van der Waals surface area contributed by atoms with Gasteiger partial charge in [0.15, 0.2) is 0 Å². The molecule has 0 aromatic carbocycles. The van der Waals surface area contributed by atoms with E-state index < -0.39 is 0 Å². The first-order chi connectivity index (χ1) is 22.1. The van der Waals surface area contributed by atoms with E-state index in [1.54, 1.807) is 13.8 Å². The second-order valence-corrected chi connectivity index (χ2v) is 10.8. The Labute approximate surface area is 278 Å². The molecule has 0 aliphatic carbocycles. The molecule has 0 aromatic rings. The van der Waals surface area contributed by atoms with Gasteiger partial charge < -0.3 is 44.0 Å². The highest BCUT2D eigenvalue weighted by Gasteiger charge is 2.06. The topological polar surface area (TPSA) is 205 Å². The average Bonchev–Trinajstić information content (AvgIpc) is 2.95. The number of amides is 2. The van der Waals surface area contributed by atoms with Crippen molar-refractivity contribution in [1.82, 2.24) is 10.6 Å². The molecule has 0 bridgehead atoms. The van der Waals surface area contributed by atoms with Gasteiger partial charge in [-0.1, -0.05) is 0 Å². The normalized spacial score (nSPS) is 9.91. The van der Waals surface area contributed by atoms with Crippen LogP contribution in [0.15, 0.2) is 0 Å². The van der Waals surface area contributed by atoms with Crippen LogP contribution in [0.25, 0.3) is 0 Å². The van der Waals surface area contributed by atoms with E-state index in [1.165, 1.54) is 27.7 Å². The molecule has 0 saturated heterocycles. The standard InChI is InChI=1S/C14H25NO5.C11H19NO4.C8H12O3/c1-12(16)4-3-8-19-10-11-20-9-7-15-14(18)6-5-13(2)17;1-9(13)4-3-6-16-7-5-12-11(15)8-10(2)14;1-6(9)3-4-8(11)5-7(2)10/h3-11H2,1-2H3,(H,15,18);3-8H2,1-2H3,(H,12,15);3-5H2,1-2H3. The van der Waals surface area contributed by atoms with E-state index in [-0.39, 0.29) is 90.8 Å². The monoisotopic (exact) mass is 672 g/mol. The van der Waals surface area contributed by atoms with Gasteiger partial charge in [0.2, 0.25) is 11.8 Å². The van der Waals surface area contributed by atoms with Crippen LogP contribution in [-0.2, 0) is 57.4 Å². The van der Waals surface area contributed by atoms with Gasteiger partial charge in [-0.05, 0) is 54.4 Å². The highest BCUT2D eigenvalue weighted by atomic mass is 16.5. The lowest BCUT2D eigenvalue weighted by molar-refractivity contribution is -0.128. The summed E-state index contributed by atoms with van der Waals surface area (Å²) in [6, 6.07) is 0. The molecule has 0 aromatic heterocycles.